The van der Waals surface area contributed by atoms with Crippen LogP contribution in [-0.4, -0.2) is 40.3 Å². The van der Waals surface area contributed by atoms with Crippen molar-refractivity contribution in [2.45, 2.75) is 45.5 Å². The summed E-state index contributed by atoms with van der Waals surface area (Å²) in [6.07, 6.45) is -0.976. The highest BCUT2D eigenvalue weighted by Gasteiger charge is 2.20. The second-order valence-corrected chi connectivity index (χ2v) is 15.0. The third kappa shape index (κ3) is 5.93. The molecule has 1 aromatic heterocycles. The molecule has 0 saturated heterocycles. The first-order valence-corrected chi connectivity index (χ1v) is 14.5. The SMILES string of the molecule is C[Si](C)(C)CCOCn1c(CN(Cc2ccccc2)C(=O)O)nc2cccc(Br)c21. The maximum atomic E-state index is 11.9. The highest BCUT2D eigenvalue weighted by atomic mass is 79.9. The van der Waals surface area contributed by atoms with Gasteiger partial charge in [0.1, 0.15) is 12.6 Å². The molecular formula is C22H28BrN3O3Si. The Morgan fingerprint density at radius 2 is 1.87 bits per heavy atom. The lowest BCUT2D eigenvalue weighted by atomic mass is 10.2. The minimum atomic E-state index is -1.19. The zero-order valence-electron chi connectivity index (χ0n) is 17.6. The standard InChI is InChI=1S/C22H28BrN3O3Si/c1-30(2,3)13-12-29-16-26-20(24-19-11-7-10-18(23)21(19)26)15-25(22(27)28)14-17-8-5-4-6-9-17/h4-11H,12-16H2,1-3H3,(H,27,28). The van der Waals surface area contributed by atoms with Crippen molar-refractivity contribution in [3.63, 3.8) is 0 Å². The first kappa shape index (κ1) is 22.5. The van der Waals surface area contributed by atoms with E-state index in [1.165, 1.54) is 4.90 Å². The Labute approximate surface area is 186 Å². The van der Waals surface area contributed by atoms with Gasteiger partial charge in [-0.1, -0.05) is 56.0 Å². The smallest absolute Gasteiger partial charge is 0.408 e. The minimum absolute atomic E-state index is 0.183. The lowest BCUT2D eigenvalue weighted by Crippen LogP contribution is -2.30. The number of amides is 1. The molecule has 1 N–H and O–H groups in total. The predicted octanol–water partition coefficient (Wildman–Crippen LogP) is 5.79. The highest BCUT2D eigenvalue weighted by Crippen LogP contribution is 2.26. The van der Waals surface area contributed by atoms with Crippen LogP contribution in [0.2, 0.25) is 25.7 Å². The fourth-order valence-electron chi connectivity index (χ4n) is 3.15. The van der Waals surface area contributed by atoms with E-state index in [1.54, 1.807) is 0 Å². The first-order chi connectivity index (χ1) is 14.2. The van der Waals surface area contributed by atoms with Crippen LogP contribution in [0.1, 0.15) is 11.4 Å². The Bertz CT molecular complexity index is 1000. The molecular weight excluding hydrogens is 462 g/mol. The number of halogens is 1. The third-order valence-corrected chi connectivity index (χ3v) is 7.18. The topological polar surface area (TPSA) is 67.6 Å². The Morgan fingerprint density at radius 3 is 2.53 bits per heavy atom. The van der Waals surface area contributed by atoms with Crippen molar-refractivity contribution >= 4 is 41.1 Å². The molecule has 3 aromatic rings. The number of fused-ring (bicyclic) bond motifs is 1. The average Bonchev–Trinajstić information content (AvgIpc) is 3.03. The van der Waals surface area contributed by atoms with Crippen LogP contribution in [0.25, 0.3) is 11.0 Å². The maximum Gasteiger partial charge on any atom is 0.408 e. The van der Waals surface area contributed by atoms with Crippen molar-refractivity contribution in [2.75, 3.05) is 6.61 Å². The fraction of sp³-hybridized carbons (Fsp3) is 0.364. The van der Waals surface area contributed by atoms with Crippen LogP contribution in [0.5, 0.6) is 0 Å². The number of carbonyl (C=O) groups is 1. The predicted molar refractivity (Wildman–Crippen MR) is 125 cm³/mol. The lowest BCUT2D eigenvalue weighted by molar-refractivity contribution is 0.0846. The quantitative estimate of drug-likeness (QED) is 0.305. The minimum Gasteiger partial charge on any atom is -0.465 e. The van der Waals surface area contributed by atoms with Crippen LogP contribution in [0, 0.1) is 0 Å². The van der Waals surface area contributed by atoms with E-state index >= 15 is 0 Å². The number of hydrogen-bond acceptors (Lipinski definition) is 3. The summed E-state index contributed by atoms with van der Waals surface area (Å²) in [5.74, 6) is 0.670. The molecule has 0 atom stereocenters. The number of benzene rings is 2. The largest absolute Gasteiger partial charge is 0.465 e. The van der Waals surface area contributed by atoms with Crippen molar-refractivity contribution in [1.29, 1.82) is 0 Å². The number of para-hydroxylation sites is 1. The van der Waals surface area contributed by atoms with Gasteiger partial charge in [0.15, 0.2) is 0 Å². The Balaban J connectivity index is 1.85. The molecule has 0 aliphatic rings. The molecule has 1 heterocycles. The third-order valence-electron chi connectivity index (χ3n) is 4.83. The number of nitrogens with zero attached hydrogens (tertiary/aromatic N) is 3. The zero-order chi connectivity index (χ0) is 21.7. The molecule has 0 saturated carbocycles. The average molecular weight is 490 g/mol. The summed E-state index contributed by atoms with van der Waals surface area (Å²) in [6.45, 7) is 8.47. The molecule has 2 aromatic carbocycles. The van der Waals surface area contributed by atoms with Gasteiger partial charge in [-0.3, -0.25) is 4.90 Å². The van der Waals surface area contributed by atoms with Gasteiger partial charge in [0.05, 0.1) is 17.6 Å². The Hall–Kier alpha value is -2.16. The van der Waals surface area contributed by atoms with Crippen LogP contribution < -0.4 is 0 Å². The van der Waals surface area contributed by atoms with Gasteiger partial charge in [-0.25, -0.2) is 9.78 Å². The summed E-state index contributed by atoms with van der Waals surface area (Å²) in [4.78, 5) is 18.0. The molecule has 30 heavy (non-hydrogen) atoms. The Morgan fingerprint density at radius 1 is 1.13 bits per heavy atom. The van der Waals surface area contributed by atoms with Crippen LogP contribution in [0.4, 0.5) is 4.79 Å². The second kappa shape index (κ2) is 9.76. The van der Waals surface area contributed by atoms with Gasteiger partial charge in [-0.05, 0) is 39.7 Å². The molecule has 8 heteroatoms. The normalized spacial score (nSPS) is 11.7. The van der Waals surface area contributed by atoms with Gasteiger partial charge in [-0.2, -0.15) is 0 Å². The number of hydrogen-bond donors (Lipinski definition) is 1. The van der Waals surface area contributed by atoms with Crippen LogP contribution in [0.15, 0.2) is 53.0 Å². The van der Waals surface area contributed by atoms with Gasteiger partial charge < -0.3 is 14.4 Å². The molecule has 3 rings (SSSR count). The number of carboxylic acid groups (broad SMARTS) is 1. The molecule has 6 nitrogen and oxygen atoms in total. The molecule has 0 spiro atoms. The van der Waals surface area contributed by atoms with Crippen LogP contribution >= 0.6 is 15.9 Å². The molecule has 0 bridgehead atoms. The van der Waals surface area contributed by atoms with E-state index < -0.39 is 14.2 Å². The van der Waals surface area contributed by atoms with E-state index in [2.05, 4.69) is 35.6 Å². The van der Waals surface area contributed by atoms with Gasteiger partial charge in [0.25, 0.3) is 0 Å². The first-order valence-electron chi connectivity index (χ1n) is 9.98. The molecule has 0 unspecified atom stereocenters. The molecule has 160 valence electrons. The maximum absolute atomic E-state index is 11.9. The highest BCUT2D eigenvalue weighted by molar-refractivity contribution is 9.10. The second-order valence-electron chi connectivity index (χ2n) is 8.54. The van der Waals surface area contributed by atoms with Crippen molar-refractivity contribution in [2.24, 2.45) is 0 Å². The van der Waals surface area contributed by atoms with E-state index in [1.807, 2.05) is 53.1 Å². The molecule has 1 amide bonds. The van der Waals surface area contributed by atoms with E-state index in [9.17, 15) is 9.90 Å². The number of aromatic nitrogens is 2. The van der Waals surface area contributed by atoms with Gasteiger partial charge in [0, 0.05) is 25.7 Å². The van der Waals surface area contributed by atoms with Crippen molar-refractivity contribution in [1.82, 2.24) is 14.5 Å². The summed E-state index contributed by atoms with van der Waals surface area (Å²) >= 11 is 3.61. The molecule has 0 radical (unpaired) electrons. The van der Waals surface area contributed by atoms with Crippen LogP contribution in [0.3, 0.4) is 0 Å². The van der Waals surface area contributed by atoms with Gasteiger partial charge in [-0.15, -0.1) is 0 Å². The summed E-state index contributed by atoms with van der Waals surface area (Å²) in [5, 5.41) is 9.77. The van der Waals surface area contributed by atoms with Gasteiger partial charge >= 0.3 is 6.09 Å². The van der Waals surface area contributed by atoms with Crippen LogP contribution in [-0.2, 0) is 24.6 Å². The number of rotatable bonds is 9. The summed E-state index contributed by atoms with van der Waals surface area (Å²) in [7, 11) is -1.19. The number of ether oxygens (including phenoxy) is 1. The fourth-order valence-corrected chi connectivity index (χ4v) is 4.48. The summed E-state index contributed by atoms with van der Waals surface area (Å²) in [6, 6.07) is 16.5. The lowest BCUT2D eigenvalue weighted by Gasteiger charge is -2.20. The Kier molecular flexibility index (Phi) is 7.33. The van der Waals surface area contributed by atoms with Crippen molar-refractivity contribution < 1.29 is 14.6 Å². The van der Waals surface area contributed by atoms with Crippen molar-refractivity contribution in [3.8, 4) is 0 Å². The monoisotopic (exact) mass is 489 g/mol. The van der Waals surface area contributed by atoms with E-state index in [0.29, 0.717) is 25.7 Å². The zero-order valence-corrected chi connectivity index (χ0v) is 20.2. The van der Waals surface area contributed by atoms with E-state index in [4.69, 9.17) is 9.72 Å². The van der Waals surface area contributed by atoms with Crippen molar-refractivity contribution in [3.05, 3.63) is 64.4 Å². The summed E-state index contributed by atoms with van der Waals surface area (Å²) < 4.78 is 8.88. The van der Waals surface area contributed by atoms with Gasteiger partial charge in [0.2, 0.25) is 0 Å². The summed E-state index contributed by atoms with van der Waals surface area (Å²) in [5.41, 5.74) is 2.68. The molecule has 0 aliphatic carbocycles. The number of imidazole rings is 1. The molecule has 0 aliphatic heterocycles. The molecule has 0 fully saturated rings. The van der Waals surface area contributed by atoms with E-state index in [0.717, 1.165) is 27.1 Å². The van der Waals surface area contributed by atoms with E-state index in [-0.39, 0.29) is 6.54 Å².